The maximum Gasteiger partial charge on any atom is 0.330 e. The largest absolute Gasteiger partial charge is 0.478 e. The summed E-state index contributed by atoms with van der Waals surface area (Å²) in [5.74, 6) is -0.760. The lowest BCUT2D eigenvalue weighted by Gasteiger charge is -2.14. The van der Waals surface area contributed by atoms with E-state index in [9.17, 15) is 9.59 Å². The summed E-state index contributed by atoms with van der Waals surface area (Å²) in [6, 6.07) is 0. The van der Waals surface area contributed by atoms with E-state index in [0.717, 1.165) is 13.0 Å². The van der Waals surface area contributed by atoms with Crippen molar-refractivity contribution >= 4 is 11.9 Å². The molecular formula is C10H15NO3. The Morgan fingerprint density at radius 1 is 1.57 bits per heavy atom. The van der Waals surface area contributed by atoms with Gasteiger partial charge < -0.3 is 10.0 Å². The molecule has 0 aromatic rings. The lowest BCUT2D eigenvalue weighted by Crippen LogP contribution is -2.25. The van der Waals surface area contributed by atoms with E-state index in [0.29, 0.717) is 25.8 Å². The molecule has 1 fully saturated rings. The molecular weight excluding hydrogens is 182 g/mol. The molecule has 1 rings (SSSR count). The molecule has 1 saturated heterocycles. The summed E-state index contributed by atoms with van der Waals surface area (Å²) in [4.78, 5) is 23.4. The molecule has 0 aromatic heterocycles. The minimum absolute atomic E-state index is 0.186. The summed E-state index contributed by atoms with van der Waals surface area (Å²) in [6.07, 6.45) is 2.72. The molecule has 4 heteroatoms. The zero-order valence-electron chi connectivity index (χ0n) is 8.16. The van der Waals surface area contributed by atoms with Crippen LogP contribution in [-0.4, -0.2) is 35.0 Å². The van der Waals surface area contributed by atoms with Gasteiger partial charge in [-0.1, -0.05) is 6.58 Å². The van der Waals surface area contributed by atoms with Crippen LogP contribution in [0.15, 0.2) is 12.2 Å². The third-order valence-electron chi connectivity index (χ3n) is 2.38. The van der Waals surface area contributed by atoms with Crippen molar-refractivity contribution in [2.75, 3.05) is 13.1 Å². The average Bonchev–Trinajstić information content (AvgIpc) is 2.51. The molecule has 78 valence electrons. The number of aliphatic carboxylic acids is 1. The topological polar surface area (TPSA) is 57.6 Å². The normalized spacial score (nSPS) is 16.0. The number of carboxylic acid groups (broad SMARTS) is 1. The third-order valence-corrected chi connectivity index (χ3v) is 2.38. The molecule has 1 N–H and O–H groups in total. The van der Waals surface area contributed by atoms with Gasteiger partial charge in [0.15, 0.2) is 0 Å². The Kier molecular flexibility index (Phi) is 3.68. The van der Waals surface area contributed by atoms with Crippen LogP contribution in [0.5, 0.6) is 0 Å². The van der Waals surface area contributed by atoms with Crippen LogP contribution in [0.25, 0.3) is 0 Å². The Hall–Kier alpha value is -1.32. The minimum atomic E-state index is -0.947. The fourth-order valence-electron chi connectivity index (χ4n) is 1.53. The monoisotopic (exact) mass is 197 g/mol. The summed E-state index contributed by atoms with van der Waals surface area (Å²) in [7, 11) is 0. The molecule has 1 aliphatic rings. The summed E-state index contributed by atoms with van der Waals surface area (Å²) in [5, 5.41) is 8.55. The highest BCUT2D eigenvalue weighted by Crippen LogP contribution is 2.11. The predicted octanol–water partition coefficient (Wildman–Crippen LogP) is 1.03. The molecule has 0 atom stereocenters. The molecule has 1 amide bonds. The Labute approximate surface area is 83.2 Å². The molecule has 4 nitrogen and oxygen atoms in total. The van der Waals surface area contributed by atoms with Gasteiger partial charge in [-0.3, -0.25) is 4.79 Å². The van der Waals surface area contributed by atoms with Crippen LogP contribution in [0.2, 0.25) is 0 Å². The summed E-state index contributed by atoms with van der Waals surface area (Å²) < 4.78 is 0. The first-order chi connectivity index (χ1) is 6.61. The van der Waals surface area contributed by atoms with Gasteiger partial charge >= 0.3 is 5.97 Å². The van der Waals surface area contributed by atoms with Gasteiger partial charge in [0.25, 0.3) is 0 Å². The van der Waals surface area contributed by atoms with Gasteiger partial charge in [0.1, 0.15) is 0 Å². The molecule has 0 aliphatic carbocycles. The SMILES string of the molecule is C=C(CCCN1CCCC1=O)C(=O)O. The zero-order chi connectivity index (χ0) is 10.6. The van der Waals surface area contributed by atoms with Crippen molar-refractivity contribution in [1.82, 2.24) is 4.90 Å². The smallest absolute Gasteiger partial charge is 0.330 e. The van der Waals surface area contributed by atoms with Crippen LogP contribution in [0, 0.1) is 0 Å². The molecule has 1 heterocycles. The highest BCUT2D eigenvalue weighted by molar-refractivity contribution is 5.85. The van der Waals surface area contributed by atoms with Crippen molar-refractivity contribution in [1.29, 1.82) is 0 Å². The number of hydrogen-bond acceptors (Lipinski definition) is 2. The highest BCUT2D eigenvalue weighted by atomic mass is 16.4. The number of hydrogen-bond donors (Lipinski definition) is 1. The Bertz CT molecular complexity index is 260. The van der Waals surface area contributed by atoms with Crippen LogP contribution in [-0.2, 0) is 9.59 Å². The van der Waals surface area contributed by atoms with Gasteiger partial charge in [-0.15, -0.1) is 0 Å². The number of amides is 1. The first-order valence-corrected chi connectivity index (χ1v) is 4.80. The van der Waals surface area contributed by atoms with Gasteiger partial charge in [-0.2, -0.15) is 0 Å². The first-order valence-electron chi connectivity index (χ1n) is 4.80. The lowest BCUT2D eigenvalue weighted by molar-refractivity contribution is -0.132. The third kappa shape index (κ3) is 2.87. The van der Waals surface area contributed by atoms with Crippen molar-refractivity contribution < 1.29 is 14.7 Å². The molecule has 0 saturated carbocycles. The van der Waals surface area contributed by atoms with Gasteiger partial charge in [-0.25, -0.2) is 4.79 Å². The minimum Gasteiger partial charge on any atom is -0.478 e. The summed E-state index contributed by atoms with van der Waals surface area (Å²) in [6.45, 7) is 4.91. The maximum atomic E-state index is 11.2. The summed E-state index contributed by atoms with van der Waals surface area (Å²) >= 11 is 0. The second kappa shape index (κ2) is 4.79. The van der Waals surface area contributed by atoms with E-state index in [1.54, 1.807) is 4.90 Å². The highest BCUT2D eigenvalue weighted by Gasteiger charge is 2.19. The second-order valence-corrected chi connectivity index (χ2v) is 3.50. The molecule has 0 bridgehead atoms. The van der Waals surface area contributed by atoms with Crippen LogP contribution < -0.4 is 0 Å². The molecule has 0 spiro atoms. The average molecular weight is 197 g/mol. The van der Waals surface area contributed by atoms with Crippen LogP contribution in [0.4, 0.5) is 0 Å². The lowest BCUT2D eigenvalue weighted by atomic mass is 10.1. The number of likely N-dealkylation sites (tertiary alicyclic amines) is 1. The van der Waals surface area contributed by atoms with Crippen molar-refractivity contribution in [2.24, 2.45) is 0 Å². The van der Waals surface area contributed by atoms with E-state index in [2.05, 4.69) is 6.58 Å². The van der Waals surface area contributed by atoms with E-state index in [1.807, 2.05) is 0 Å². The van der Waals surface area contributed by atoms with Crippen molar-refractivity contribution in [3.63, 3.8) is 0 Å². The Morgan fingerprint density at radius 2 is 2.29 bits per heavy atom. The van der Waals surface area contributed by atoms with E-state index < -0.39 is 5.97 Å². The number of carboxylic acids is 1. The molecule has 14 heavy (non-hydrogen) atoms. The van der Waals surface area contributed by atoms with Crippen LogP contribution in [0.3, 0.4) is 0 Å². The number of rotatable bonds is 5. The van der Waals surface area contributed by atoms with Crippen molar-refractivity contribution in [3.05, 3.63) is 12.2 Å². The van der Waals surface area contributed by atoms with E-state index >= 15 is 0 Å². The fraction of sp³-hybridized carbons (Fsp3) is 0.600. The Morgan fingerprint density at radius 3 is 2.79 bits per heavy atom. The second-order valence-electron chi connectivity index (χ2n) is 3.50. The van der Waals surface area contributed by atoms with Gasteiger partial charge in [0, 0.05) is 25.1 Å². The fourth-order valence-corrected chi connectivity index (χ4v) is 1.53. The maximum absolute atomic E-state index is 11.2. The number of carbonyl (C=O) groups excluding carboxylic acids is 1. The van der Waals surface area contributed by atoms with Crippen LogP contribution >= 0.6 is 0 Å². The van der Waals surface area contributed by atoms with Gasteiger partial charge in [0.2, 0.25) is 5.91 Å². The van der Waals surface area contributed by atoms with Gasteiger partial charge in [0.05, 0.1) is 0 Å². The first kappa shape index (κ1) is 10.8. The van der Waals surface area contributed by atoms with E-state index in [4.69, 9.17) is 5.11 Å². The van der Waals surface area contributed by atoms with Crippen molar-refractivity contribution in [2.45, 2.75) is 25.7 Å². The van der Waals surface area contributed by atoms with Gasteiger partial charge in [-0.05, 0) is 19.3 Å². The molecule has 0 aromatic carbocycles. The molecule has 0 unspecified atom stereocenters. The Balaban J connectivity index is 2.18. The van der Waals surface area contributed by atoms with Crippen LogP contribution in [0.1, 0.15) is 25.7 Å². The zero-order valence-corrected chi connectivity index (χ0v) is 8.16. The molecule has 0 radical (unpaired) electrons. The quantitative estimate of drug-likeness (QED) is 0.670. The number of carbonyl (C=O) groups is 2. The molecule has 1 aliphatic heterocycles. The number of nitrogens with zero attached hydrogens (tertiary/aromatic N) is 1. The van der Waals surface area contributed by atoms with Crippen molar-refractivity contribution in [3.8, 4) is 0 Å². The standard InChI is InChI=1S/C10H15NO3/c1-8(10(13)14)4-2-6-11-7-3-5-9(11)12/h1-7H2,(H,13,14). The van der Waals surface area contributed by atoms with E-state index in [1.165, 1.54) is 0 Å². The predicted molar refractivity (Wildman–Crippen MR) is 51.8 cm³/mol. The summed E-state index contributed by atoms with van der Waals surface area (Å²) in [5.41, 5.74) is 0.219. The van der Waals surface area contributed by atoms with E-state index in [-0.39, 0.29) is 11.5 Å².